The first-order valence-electron chi connectivity index (χ1n) is 6.55. The topological polar surface area (TPSA) is 21.3 Å². The molecule has 2 rings (SSSR count). The Morgan fingerprint density at radius 1 is 1.44 bits per heavy atom. The van der Waals surface area contributed by atoms with E-state index in [1.165, 1.54) is 11.1 Å². The van der Waals surface area contributed by atoms with E-state index in [1.54, 1.807) is 0 Å². The van der Waals surface area contributed by atoms with Crippen LogP contribution in [-0.2, 0) is 13.0 Å². The second kappa shape index (κ2) is 5.54. The van der Waals surface area contributed by atoms with Crippen LogP contribution in [0.3, 0.4) is 0 Å². The summed E-state index contributed by atoms with van der Waals surface area (Å²) in [6.45, 7) is 8.48. The average molecular weight is 265 g/mol. The van der Waals surface area contributed by atoms with Crippen LogP contribution in [0.25, 0.3) is 0 Å². The van der Waals surface area contributed by atoms with Crippen molar-refractivity contribution in [1.82, 2.24) is 5.32 Å². The molecule has 1 heterocycles. The lowest BCUT2D eigenvalue weighted by Gasteiger charge is -2.18. The van der Waals surface area contributed by atoms with Gasteiger partial charge in [-0.15, -0.1) is 0 Å². The number of hydrogen-bond acceptors (Lipinski definition) is 3. The van der Waals surface area contributed by atoms with E-state index < -0.39 is 0 Å². The second-order valence-corrected chi connectivity index (χ2v) is 6.90. The third kappa shape index (κ3) is 3.21. The number of nitrogens with one attached hydrogen (secondary N) is 1. The average Bonchev–Trinajstić information content (AvgIpc) is 2.63. The van der Waals surface area contributed by atoms with Crippen molar-refractivity contribution >= 4 is 11.8 Å². The summed E-state index contributed by atoms with van der Waals surface area (Å²) in [5, 5.41) is 4.16. The summed E-state index contributed by atoms with van der Waals surface area (Å²) in [5.74, 6) is 1.10. The molecule has 1 unspecified atom stereocenters. The zero-order valence-corrected chi connectivity index (χ0v) is 12.6. The third-order valence-electron chi connectivity index (χ3n) is 3.32. The molecule has 0 bridgehead atoms. The maximum absolute atomic E-state index is 6.06. The molecule has 2 nitrogen and oxygen atoms in total. The van der Waals surface area contributed by atoms with Crippen LogP contribution in [0.5, 0.6) is 5.75 Å². The van der Waals surface area contributed by atoms with Crippen molar-refractivity contribution < 1.29 is 4.74 Å². The lowest BCUT2D eigenvalue weighted by molar-refractivity contribution is 0.137. The van der Waals surface area contributed by atoms with E-state index in [4.69, 9.17) is 4.74 Å². The fourth-order valence-electron chi connectivity index (χ4n) is 2.31. The van der Waals surface area contributed by atoms with E-state index in [2.05, 4.69) is 50.5 Å². The van der Waals surface area contributed by atoms with Gasteiger partial charge in [-0.2, -0.15) is 11.8 Å². The van der Waals surface area contributed by atoms with Gasteiger partial charge < -0.3 is 10.1 Å². The highest BCUT2D eigenvalue weighted by Gasteiger charge is 2.31. The lowest BCUT2D eigenvalue weighted by atomic mass is 10.0. The van der Waals surface area contributed by atoms with E-state index >= 15 is 0 Å². The molecule has 3 heteroatoms. The molecular weight excluding hydrogens is 242 g/mol. The third-order valence-corrected chi connectivity index (χ3v) is 4.29. The fourth-order valence-corrected chi connectivity index (χ4v) is 2.60. The Kier molecular flexibility index (Phi) is 4.23. The minimum absolute atomic E-state index is 0.0506. The first-order chi connectivity index (χ1) is 8.52. The summed E-state index contributed by atoms with van der Waals surface area (Å²) in [4.78, 5) is 0. The van der Waals surface area contributed by atoms with Crippen LogP contribution >= 0.6 is 11.8 Å². The van der Waals surface area contributed by atoms with E-state index in [9.17, 15) is 0 Å². The summed E-state index contributed by atoms with van der Waals surface area (Å²) in [6, 6.07) is 6.48. The highest BCUT2D eigenvalue weighted by Crippen LogP contribution is 2.37. The van der Waals surface area contributed by atoms with E-state index in [1.807, 2.05) is 11.8 Å². The maximum Gasteiger partial charge on any atom is 0.127 e. The van der Waals surface area contributed by atoms with Crippen LogP contribution in [0, 0.1) is 0 Å². The highest BCUT2D eigenvalue weighted by atomic mass is 32.2. The van der Waals surface area contributed by atoms with Crippen molar-refractivity contribution in [3.05, 3.63) is 29.3 Å². The molecule has 1 aromatic carbocycles. The fraction of sp³-hybridized carbons (Fsp3) is 0.600. The quantitative estimate of drug-likeness (QED) is 0.883. The molecule has 1 N–H and O–H groups in total. The van der Waals surface area contributed by atoms with Crippen molar-refractivity contribution in [1.29, 1.82) is 0 Å². The number of thioether (sulfide) groups is 1. The van der Waals surface area contributed by atoms with Gasteiger partial charge in [-0.25, -0.2) is 0 Å². The molecule has 0 saturated heterocycles. The van der Waals surface area contributed by atoms with Crippen molar-refractivity contribution in [3.63, 3.8) is 0 Å². The van der Waals surface area contributed by atoms with Crippen molar-refractivity contribution in [2.45, 2.75) is 44.6 Å². The largest absolute Gasteiger partial charge is 0.487 e. The molecular formula is C15H23NOS. The van der Waals surface area contributed by atoms with Crippen LogP contribution in [-0.4, -0.2) is 23.7 Å². The summed E-state index contributed by atoms with van der Waals surface area (Å²) in [5.41, 5.74) is 2.58. The van der Waals surface area contributed by atoms with Crippen LogP contribution in [0.1, 0.15) is 31.9 Å². The Labute approximate surface area is 114 Å². The number of rotatable bonds is 5. The van der Waals surface area contributed by atoms with Crippen LogP contribution in [0.4, 0.5) is 0 Å². The minimum atomic E-state index is -0.0506. The number of ether oxygens (including phenoxy) is 1. The zero-order valence-electron chi connectivity index (χ0n) is 11.7. The Morgan fingerprint density at radius 3 is 2.94 bits per heavy atom. The molecule has 0 radical (unpaired) electrons. The Hall–Kier alpha value is -0.670. The lowest BCUT2D eigenvalue weighted by Crippen LogP contribution is -2.25. The van der Waals surface area contributed by atoms with Gasteiger partial charge in [-0.3, -0.25) is 0 Å². The normalized spacial score (nSPS) is 18.2. The summed E-state index contributed by atoms with van der Waals surface area (Å²) in [6.07, 6.45) is 3.16. The van der Waals surface area contributed by atoms with Crippen molar-refractivity contribution in [2.24, 2.45) is 0 Å². The molecule has 18 heavy (non-hydrogen) atoms. The molecule has 1 aliphatic rings. The van der Waals surface area contributed by atoms with Gasteiger partial charge in [-0.1, -0.05) is 25.1 Å². The molecule has 0 aliphatic carbocycles. The zero-order chi connectivity index (χ0) is 13.2. The van der Waals surface area contributed by atoms with Gasteiger partial charge in [0.25, 0.3) is 0 Å². The summed E-state index contributed by atoms with van der Waals surface area (Å²) in [7, 11) is 0. The van der Waals surface area contributed by atoms with E-state index in [0.29, 0.717) is 5.25 Å². The Morgan fingerprint density at radius 2 is 2.22 bits per heavy atom. The van der Waals surface area contributed by atoms with Gasteiger partial charge in [0.05, 0.1) is 0 Å². The number of para-hydroxylation sites is 1. The van der Waals surface area contributed by atoms with Crippen LogP contribution in [0.15, 0.2) is 18.2 Å². The molecule has 0 fully saturated rings. The standard InChI is InChI=1S/C15H23NOS/c1-11(18-4)9-16-10-13-7-5-6-12-8-15(2,3)17-14(12)13/h5-7,11,16H,8-10H2,1-4H3. The van der Waals surface area contributed by atoms with Crippen molar-refractivity contribution in [2.75, 3.05) is 12.8 Å². The molecule has 0 aromatic heterocycles. The molecule has 0 spiro atoms. The Balaban J connectivity index is 2.01. The van der Waals surface area contributed by atoms with Gasteiger partial charge in [-0.05, 0) is 25.7 Å². The Bertz CT molecular complexity index is 417. The first kappa shape index (κ1) is 13.8. The van der Waals surface area contributed by atoms with Gasteiger partial charge in [0.1, 0.15) is 11.4 Å². The SMILES string of the molecule is CSC(C)CNCc1cccc2c1OC(C)(C)C2. The predicted molar refractivity (Wildman–Crippen MR) is 79.5 cm³/mol. The van der Waals surface area contributed by atoms with Crippen LogP contribution in [0.2, 0.25) is 0 Å². The molecule has 1 aliphatic heterocycles. The number of benzene rings is 1. The van der Waals surface area contributed by atoms with Gasteiger partial charge >= 0.3 is 0 Å². The van der Waals surface area contributed by atoms with E-state index in [-0.39, 0.29) is 5.60 Å². The second-order valence-electron chi connectivity index (χ2n) is 5.62. The number of fused-ring (bicyclic) bond motifs is 1. The monoisotopic (exact) mass is 265 g/mol. The van der Waals surface area contributed by atoms with Gasteiger partial charge in [0.15, 0.2) is 0 Å². The minimum Gasteiger partial charge on any atom is -0.487 e. The summed E-state index contributed by atoms with van der Waals surface area (Å²) < 4.78 is 6.06. The maximum atomic E-state index is 6.06. The summed E-state index contributed by atoms with van der Waals surface area (Å²) >= 11 is 1.89. The molecule has 100 valence electrons. The number of hydrogen-bond donors (Lipinski definition) is 1. The molecule has 1 aromatic rings. The molecule has 0 amide bonds. The van der Waals surface area contributed by atoms with Crippen molar-refractivity contribution in [3.8, 4) is 5.75 Å². The van der Waals surface area contributed by atoms with Crippen LogP contribution < -0.4 is 10.1 Å². The molecule has 0 saturated carbocycles. The van der Waals surface area contributed by atoms with E-state index in [0.717, 1.165) is 25.3 Å². The smallest absolute Gasteiger partial charge is 0.127 e. The first-order valence-corrected chi connectivity index (χ1v) is 7.84. The van der Waals surface area contributed by atoms with Gasteiger partial charge in [0.2, 0.25) is 0 Å². The molecule has 1 atom stereocenters. The van der Waals surface area contributed by atoms with Gasteiger partial charge in [0, 0.05) is 30.3 Å². The predicted octanol–water partition coefficient (Wildman–Crippen LogP) is 3.24. The highest BCUT2D eigenvalue weighted by molar-refractivity contribution is 7.99.